The molecule has 10 heteroatoms. The number of hydrogen-bond acceptors (Lipinski definition) is 5. The molecule has 1 N–H and O–H groups in total. The van der Waals surface area contributed by atoms with E-state index in [1.165, 1.54) is 24.3 Å². The first-order chi connectivity index (χ1) is 15.6. The molecule has 0 saturated carbocycles. The molecule has 0 spiro atoms. The number of thioether (sulfide) groups is 1. The molecular weight excluding hydrogens is 453 g/mol. The minimum absolute atomic E-state index is 0.0253. The van der Waals surface area contributed by atoms with E-state index in [0.717, 1.165) is 27.1 Å². The van der Waals surface area contributed by atoms with Gasteiger partial charge in [-0.3, -0.25) is 9.78 Å². The topological polar surface area (TPSA) is 65.5 Å². The summed E-state index contributed by atoms with van der Waals surface area (Å²) in [6, 6.07) is 11.3. The Balaban J connectivity index is 1.65. The van der Waals surface area contributed by atoms with Crippen molar-refractivity contribution in [3.8, 4) is 0 Å². The first-order valence-corrected chi connectivity index (χ1v) is 10.9. The number of pyridine rings is 1. The molecule has 1 aliphatic rings. The summed E-state index contributed by atoms with van der Waals surface area (Å²) in [4.78, 5) is 33.2. The molecule has 0 aliphatic carbocycles. The van der Waals surface area contributed by atoms with Crippen LogP contribution in [0, 0.1) is 0 Å². The van der Waals surface area contributed by atoms with Gasteiger partial charge in [-0.2, -0.15) is 13.2 Å². The molecular formula is C23H21F3N4O2S. The van der Waals surface area contributed by atoms with Crippen LogP contribution in [0.4, 0.5) is 29.3 Å². The summed E-state index contributed by atoms with van der Waals surface area (Å²) in [5, 5.41) is 3.63. The van der Waals surface area contributed by atoms with Crippen molar-refractivity contribution in [1.29, 1.82) is 0 Å². The lowest BCUT2D eigenvalue weighted by Crippen LogP contribution is -2.35. The predicted molar refractivity (Wildman–Crippen MR) is 123 cm³/mol. The summed E-state index contributed by atoms with van der Waals surface area (Å²) in [6.45, 7) is 1.86. The van der Waals surface area contributed by atoms with E-state index in [-0.39, 0.29) is 28.3 Å². The average molecular weight is 475 g/mol. The fourth-order valence-corrected chi connectivity index (χ4v) is 4.56. The van der Waals surface area contributed by atoms with E-state index < -0.39 is 23.5 Å². The van der Waals surface area contributed by atoms with Gasteiger partial charge >= 0.3 is 11.5 Å². The first kappa shape index (κ1) is 22.9. The number of rotatable bonds is 5. The standard InChI is InChI=1S/C23H21F3N4O2S/c1-13(16-11-12-27-17-5-4-6-18(19(16)17)29(2)3)20-21(31)30(22(32)28-20)14-7-9-15(10-8-14)33-23(24,25)26/h4-13,20H,1-3H3,(H,28,32). The Morgan fingerprint density at radius 3 is 2.42 bits per heavy atom. The van der Waals surface area contributed by atoms with E-state index in [2.05, 4.69) is 10.3 Å². The summed E-state index contributed by atoms with van der Waals surface area (Å²) in [7, 11) is 3.84. The molecule has 4 rings (SSSR count). The summed E-state index contributed by atoms with van der Waals surface area (Å²) >= 11 is -0.253. The Labute approximate surface area is 192 Å². The number of amides is 3. The Morgan fingerprint density at radius 2 is 1.79 bits per heavy atom. The summed E-state index contributed by atoms with van der Waals surface area (Å²) in [5.74, 6) is -0.839. The second-order valence-corrected chi connectivity index (χ2v) is 9.04. The fraction of sp³-hybridized carbons (Fsp3) is 0.261. The van der Waals surface area contributed by atoms with Gasteiger partial charge in [0, 0.05) is 42.2 Å². The quantitative estimate of drug-likeness (QED) is 0.410. The van der Waals surface area contributed by atoms with E-state index in [1.807, 2.05) is 50.2 Å². The van der Waals surface area contributed by atoms with Crippen molar-refractivity contribution in [2.75, 3.05) is 23.9 Å². The van der Waals surface area contributed by atoms with Crippen LogP contribution in [0.1, 0.15) is 18.4 Å². The number of nitrogens with one attached hydrogen (secondary N) is 1. The highest BCUT2D eigenvalue weighted by Gasteiger charge is 2.43. The van der Waals surface area contributed by atoms with E-state index in [4.69, 9.17) is 0 Å². The van der Waals surface area contributed by atoms with Gasteiger partial charge in [0.15, 0.2) is 0 Å². The Bertz CT molecular complexity index is 1210. The van der Waals surface area contributed by atoms with Gasteiger partial charge in [-0.05, 0) is 59.8 Å². The van der Waals surface area contributed by atoms with Gasteiger partial charge in [-0.1, -0.05) is 13.0 Å². The fourth-order valence-electron chi connectivity index (χ4n) is 4.02. The number of anilines is 2. The van der Waals surface area contributed by atoms with Crippen LogP contribution in [-0.4, -0.2) is 42.6 Å². The number of benzene rings is 2. The molecule has 1 saturated heterocycles. The maximum atomic E-state index is 13.2. The third kappa shape index (κ3) is 4.47. The van der Waals surface area contributed by atoms with Crippen LogP contribution in [0.15, 0.2) is 59.6 Å². The molecule has 1 fully saturated rings. The van der Waals surface area contributed by atoms with Crippen LogP contribution in [0.2, 0.25) is 0 Å². The van der Waals surface area contributed by atoms with Crippen LogP contribution < -0.4 is 15.1 Å². The monoisotopic (exact) mass is 474 g/mol. The highest BCUT2D eigenvalue weighted by atomic mass is 32.2. The predicted octanol–water partition coefficient (Wildman–Crippen LogP) is 5.14. The lowest BCUT2D eigenvalue weighted by atomic mass is 9.90. The smallest absolute Gasteiger partial charge is 0.377 e. The van der Waals surface area contributed by atoms with Gasteiger partial charge in [0.05, 0.1) is 11.2 Å². The number of urea groups is 1. The summed E-state index contributed by atoms with van der Waals surface area (Å²) in [5.41, 5.74) is -1.62. The number of nitrogens with zero attached hydrogens (tertiary/aromatic N) is 3. The minimum Gasteiger partial charge on any atom is -0.377 e. The van der Waals surface area contributed by atoms with Crippen molar-refractivity contribution in [3.05, 3.63) is 60.3 Å². The molecule has 0 bridgehead atoms. The van der Waals surface area contributed by atoms with Gasteiger partial charge in [-0.25, -0.2) is 9.69 Å². The number of halogens is 3. The third-order valence-corrected chi connectivity index (χ3v) is 6.29. The molecule has 0 radical (unpaired) electrons. The Morgan fingerprint density at radius 1 is 1.09 bits per heavy atom. The van der Waals surface area contributed by atoms with Crippen molar-refractivity contribution in [3.63, 3.8) is 0 Å². The summed E-state index contributed by atoms with van der Waals surface area (Å²) < 4.78 is 37.8. The van der Waals surface area contributed by atoms with E-state index in [1.54, 1.807) is 6.20 Å². The minimum atomic E-state index is -4.42. The molecule has 3 aromatic rings. The van der Waals surface area contributed by atoms with Gasteiger partial charge in [0.25, 0.3) is 5.91 Å². The average Bonchev–Trinajstić information content (AvgIpc) is 3.05. The number of imide groups is 1. The largest absolute Gasteiger partial charge is 0.446 e. The van der Waals surface area contributed by atoms with E-state index >= 15 is 0 Å². The zero-order chi connectivity index (χ0) is 23.9. The molecule has 2 aromatic carbocycles. The maximum Gasteiger partial charge on any atom is 0.446 e. The van der Waals surface area contributed by atoms with E-state index in [9.17, 15) is 22.8 Å². The third-order valence-electron chi connectivity index (χ3n) is 5.55. The maximum absolute atomic E-state index is 13.2. The molecule has 1 aliphatic heterocycles. The number of carbonyl (C=O) groups excluding carboxylic acids is 2. The normalized spacial score (nSPS) is 17.4. The molecule has 172 valence electrons. The first-order valence-electron chi connectivity index (χ1n) is 10.1. The molecule has 6 nitrogen and oxygen atoms in total. The number of fused-ring (bicyclic) bond motifs is 1. The van der Waals surface area contributed by atoms with Gasteiger partial charge in [0.2, 0.25) is 0 Å². The zero-order valence-corrected chi connectivity index (χ0v) is 18.9. The highest BCUT2D eigenvalue weighted by Crippen LogP contribution is 2.38. The Kier molecular flexibility index (Phi) is 5.96. The van der Waals surface area contributed by atoms with Gasteiger partial charge < -0.3 is 10.2 Å². The molecule has 3 amide bonds. The van der Waals surface area contributed by atoms with Crippen molar-refractivity contribution in [2.24, 2.45) is 0 Å². The second kappa shape index (κ2) is 8.58. The SMILES string of the molecule is CC(c1ccnc2cccc(N(C)C)c12)C1NC(=O)N(c2ccc(SC(F)(F)F)cc2)C1=O. The van der Waals surface area contributed by atoms with Crippen molar-refractivity contribution >= 4 is 46.0 Å². The van der Waals surface area contributed by atoms with Gasteiger partial charge in [-0.15, -0.1) is 0 Å². The Hall–Kier alpha value is -3.27. The zero-order valence-electron chi connectivity index (χ0n) is 18.1. The molecule has 2 unspecified atom stereocenters. The number of carbonyl (C=O) groups is 2. The highest BCUT2D eigenvalue weighted by molar-refractivity contribution is 8.00. The summed E-state index contributed by atoms with van der Waals surface area (Å²) in [6.07, 6.45) is 1.67. The van der Waals surface area contributed by atoms with Crippen molar-refractivity contribution < 1.29 is 22.8 Å². The molecule has 33 heavy (non-hydrogen) atoms. The number of hydrogen-bond donors (Lipinski definition) is 1. The molecule has 2 heterocycles. The van der Waals surface area contributed by atoms with Crippen LogP contribution in [0.3, 0.4) is 0 Å². The van der Waals surface area contributed by atoms with Crippen LogP contribution in [0.5, 0.6) is 0 Å². The van der Waals surface area contributed by atoms with Crippen molar-refractivity contribution in [1.82, 2.24) is 10.3 Å². The lowest BCUT2D eigenvalue weighted by Gasteiger charge is -2.23. The van der Waals surface area contributed by atoms with Crippen LogP contribution in [0.25, 0.3) is 10.9 Å². The van der Waals surface area contributed by atoms with Crippen molar-refractivity contribution in [2.45, 2.75) is 29.3 Å². The molecule has 1 aromatic heterocycles. The number of alkyl halides is 3. The van der Waals surface area contributed by atoms with E-state index in [0.29, 0.717) is 0 Å². The van der Waals surface area contributed by atoms with Crippen LogP contribution >= 0.6 is 11.8 Å². The van der Waals surface area contributed by atoms with Gasteiger partial charge in [0.1, 0.15) is 6.04 Å². The second-order valence-electron chi connectivity index (χ2n) is 7.90. The number of aromatic nitrogens is 1. The van der Waals surface area contributed by atoms with Crippen LogP contribution in [-0.2, 0) is 4.79 Å². The lowest BCUT2D eigenvalue weighted by molar-refractivity contribution is -0.118. The molecule has 2 atom stereocenters.